The number of thioether (sulfide) groups is 1. The van der Waals surface area contributed by atoms with Crippen LogP contribution in [0, 0.1) is 11.3 Å². The summed E-state index contributed by atoms with van der Waals surface area (Å²) in [7, 11) is 0. The van der Waals surface area contributed by atoms with Crippen LogP contribution in [-0.4, -0.2) is 18.2 Å². The predicted molar refractivity (Wildman–Crippen MR) is 81.2 cm³/mol. The molecule has 0 spiro atoms. The van der Waals surface area contributed by atoms with E-state index in [-0.39, 0.29) is 12.5 Å². The quantitative estimate of drug-likeness (QED) is 0.677. The number of carbonyl (C=O) groups is 1. The van der Waals surface area contributed by atoms with Crippen molar-refractivity contribution in [3.8, 4) is 17.2 Å². The average molecular weight is 282 g/mol. The molecule has 0 radical (unpaired) electrons. The number of hydrogen-bond acceptors (Lipinski definition) is 3. The zero-order valence-electron chi connectivity index (χ0n) is 10.9. The molecule has 0 bridgehead atoms. The van der Waals surface area contributed by atoms with E-state index in [0.29, 0.717) is 5.75 Å². The zero-order chi connectivity index (χ0) is 14.2. The average Bonchev–Trinajstić information content (AvgIpc) is 2.52. The van der Waals surface area contributed by atoms with Crippen LogP contribution >= 0.6 is 11.8 Å². The summed E-state index contributed by atoms with van der Waals surface area (Å²) >= 11 is 1.46. The molecular formula is C16H14N2OS. The van der Waals surface area contributed by atoms with Gasteiger partial charge in [0.25, 0.3) is 0 Å². The summed E-state index contributed by atoms with van der Waals surface area (Å²) in [6.07, 6.45) is 0. The van der Waals surface area contributed by atoms with Crippen molar-refractivity contribution in [3.05, 3.63) is 54.6 Å². The van der Waals surface area contributed by atoms with Crippen molar-refractivity contribution in [2.24, 2.45) is 0 Å². The van der Waals surface area contributed by atoms with E-state index in [2.05, 4.69) is 17.4 Å². The molecule has 1 amide bonds. The summed E-state index contributed by atoms with van der Waals surface area (Å²) < 4.78 is 0. The number of benzene rings is 2. The minimum absolute atomic E-state index is 0.0618. The molecule has 2 rings (SSSR count). The van der Waals surface area contributed by atoms with Gasteiger partial charge in [-0.3, -0.25) is 4.79 Å². The highest BCUT2D eigenvalue weighted by Crippen LogP contribution is 2.23. The van der Waals surface area contributed by atoms with Crippen molar-refractivity contribution >= 4 is 17.7 Å². The second kappa shape index (κ2) is 7.37. The van der Waals surface area contributed by atoms with Crippen molar-refractivity contribution in [1.82, 2.24) is 5.32 Å². The number of hydrogen-bond donors (Lipinski definition) is 1. The first-order valence-corrected chi connectivity index (χ1v) is 7.20. The standard InChI is InChI=1S/C16H14N2OS/c17-10-11-18-16(19)12-20-15-8-6-14(7-9-15)13-4-2-1-3-5-13/h1-9H,11-12H2,(H,18,19). The molecule has 0 saturated carbocycles. The Labute approximate surface area is 122 Å². The van der Waals surface area contributed by atoms with Crippen LogP contribution in [-0.2, 0) is 4.79 Å². The maximum absolute atomic E-state index is 11.4. The van der Waals surface area contributed by atoms with E-state index in [9.17, 15) is 4.79 Å². The summed E-state index contributed by atoms with van der Waals surface area (Å²) in [5.74, 6) is 0.204. The summed E-state index contributed by atoms with van der Waals surface area (Å²) in [4.78, 5) is 12.4. The molecule has 2 aromatic rings. The van der Waals surface area contributed by atoms with Crippen LogP contribution in [0.4, 0.5) is 0 Å². The molecule has 20 heavy (non-hydrogen) atoms. The van der Waals surface area contributed by atoms with Crippen molar-refractivity contribution in [2.45, 2.75) is 4.90 Å². The molecule has 0 saturated heterocycles. The van der Waals surface area contributed by atoms with Gasteiger partial charge in [0.05, 0.1) is 11.8 Å². The van der Waals surface area contributed by atoms with Gasteiger partial charge >= 0.3 is 0 Å². The highest BCUT2D eigenvalue weighted by Gasteiger charge is 2.02. The molecule has 0 heterocycles. The Morgan fingerprint density at radius 3 is 2.35 bits per heavy atom. The van der Waals surface area contributed by atoms with E-state index in [1.807, 2.05) is 48.5 Å². The molecule has 3 nitrogen and oxygen atoms in total. The Bertz CT molecular complexity index is 603. The number of nitrogens with zero attached hydrogens (tertiary/aromatic N) is 1. The van der Waals surface area contributed by atoms with Gasteiger partial charge in [-0.25, -0.2) is 0 Å². The Hall–Kier alpha value is -2.25. The SMILES string of the molecule is N#CCNC(=O)CSc1ccc(-c2ccccc2)cc1. The van der Waals surface area contributed by atoms with Gasteiger partial charge < -0.3 is 5.32 Å². The molecule has 0 fully saturated rings. The van der Waals surface area contributed by atoms with Crippen LogP contribution in [0.25, 0.3) is 11.1 Å². The number of carbonyl (C=O) groups excluding carboxylic acids is 1. The summed E-state index contributed by atoms with van der Waals surface area (Å²) in [5.41, 5.74) is 2.33. The molecule has 0 atom stereocenters. The minimum atomic E-state index is -0.122. The van der Waals surface area contributed by atoms with E-state index in [1.165, 1.54) is 17.3 Å². The Morgan fingerprint density at radius 1 is 1.05 bits per heavy atom. The summed E-state index contributed by atoms with van der Waals surface area (Å²) in [6.45, 7) is 0.0618. The first-order valence-electron chi connectivity index (χ1n) is 6.21. The molecule has 0 aliphatic carbocycles. The first-order chi connectivity index (χ1) is 9.79. The topological polar surface area (TPSA) is 52.9 Å². The number of nitrogens with one attached hydrogen (secondary N) is 1. The lowest BCUT2D eigenvalue weighted by Gasteiger charge is -2.04. The first kappa shape index (κ1) is 14.2. The third kappa shape index (κ3) is 4.15. The molecule has 4 heteroatoms. The van der Waals surface area contributed by atoms with E-state index in [1.54, 1.807) is 0 Å². The Balaban J connectivity index is 1.92. The maximum atomic E-state index is 11.4. The molecule has 1 N–H and O–H groups in total. The second-order valence-electron chi connectivity index (χ2n) is 4.11. The number of rotatable bonds is 5. The Morgan fingerprint density at radius 2 is 1.70 bits per heavy atom. The fourth-order valence-corrected chi connectivity index (χ4v) is 2.44. The smallest absolute Gasteiger partial charge is 0.231 e. The highest BCUT2D eigenvalue weighted by atomic mass is 32.2. The molecule has 0 aliphatic heterocycles. The molecule has 0 aromatic heterocycles. The lowest BCUT2D eigenvalue weighted by Crippen LogP contribution is -2.25. The second-order valence-corrected chi connectivity index (χ2v) is 5.16. The van der Waals surface area contributed by atoms with E-state index in [4.69, 9.17) is 5.26 Å². The van der Waals surface area contributed by atoms with Gasteiger partial charge in [0.1, 0.15) is 6.54 Å². The van der Waals surface area contributed by atoms with Gasteiger partial charge in [0.15, 0.2) is 0 Å². The van der Waals surface area contributed by atoms with Crippen molar-refractivity contribution in [2.75, 3.05) is 12.3 Å². The van der Waals surface area contributed by atoms with E-state index >= 15 is 0 Å². The zero-order valence-corrected chi connectivity index (χ0v) is 11.7. The van der Waals surface area contributed by atoms with Crippen molar-refractivity contribution < 1.29 is 4.79 Å². The lowest BCUT2D eigenvalue weighted by atomic mass is 10.1. The van der Waals surface area contributed by atoms with Gasteiger partial charge in [-0.05, 0) is 23.3 Å². The van der Waals surface area contributed by atoms with Crippen LogP contribution in [0.3, 0.4) is 0 Å². The number of amides is 1. The van der Waals surface area contributed by atoms with Gasteiger partial charge in [0.2, 0.25) is 5.91 Å². The molecule has 0 aliphatic rings. The van der Waals surface area contributed by atoms with Crippen molar-refractivity contribution in [3.63, 3.8) is 0 Å². The largest absolute Gasteiger partial charge is 0.342 e. The fourth-order valence-electron chi connectivity index (χ4n) is 1.71. The molecular weight excluding hydrogens is 268 g/mol. The third-order valence-corrected chi connectivity index (χ3v) is 3.71. The van der Waals surface area contributed by atoms with Gasteiger partial charge in [-0.15, -0.1) is 11.8 Å². The normalized spacial score (nSPS) is 9.75. The molecule has 2 aromatic carbocycles. The van der Waals surface area contributed by atoms with Crippen LogP contribution in [0.5, 0.6) is 0 Å². The van der Waals surface area contributed by atoms with E-state index < -0.39 is 0 Å². The van der Waals surface area contributed by atoms with Crippen molar-refractivity contribution in [1.29, 1.82) is 5.26 Å². The number of nitriles is 1. The van der Waals surface area contributed by atoms with E-state index in [0.717, 1.165) is 10.5 Å². The fraction of sp³-hybridized carbons (Fsp3) is 0.125. The van der Waals surface area contributed by atoms with Crippen LogP contribution in [0.2, 0.25) is 0 Å². The summed E-state index contributed by atoms with van der Waals surface area (Å²) in [6, 6.07) is 20.1. The van der Waals surface area contributed by atoms with Gasteiger partial charge in [-0.1, -0.05) is 42.5 Å². The third-order valence-electron chi connectivity index (χ3n) is 2.70. The highest BCUT2D eigenvalue weighted by molar-refractivity contribution is 8.00. The van der Waals surface area contributed by atoms with Crippen LogP contribution in [0.15, 0.2) is 59.5 Å². The monoisotopic (exact) mass is 282 g/mol. The van der Waals surface area contributed by atoms with Crippen LogP contribution < -0.4 is 5.32 Å². The Kier molecular flexibility index (Phi) is 5.22. The van der Waals surface area contributed by atoms with Gasteiger partial charge in [0, 0.05) is 4.90 Å². The molecule has 0 unspecified atom stereocenters. The maximum Gasteiger partial charge on any atom is 0.231 e. The van der Waals surface area contributed by atoms with Crippen LogP contribution in [0.1, 0.15) is 0 Å². The summed E-state index contributed by atoms with van der Waals surface area (Å²) in [5, 5.41) is 10.9. The predicted octanol–water partition coefficient (Wildman–Crippen LogP) is 3.09. The lowest BCUT2D eigenvalue weighted by molar-refractivity contribution is -0.118. The van der Waals surface area contributed by atoms with Gasteiger partial charge in [-0.2, -0.15) is 5.26 Å². The molecule has 100 valence electrons. The minimum Gasteiger partial charge on any atom is -0.342 e.